The average Bonchev–Trinajstić information content (AvgIpc) is 2.69. The Labute approximate surface area is 172 Å². The lowest BCUT2D eigenvalue weighted by Gasteiger charge is -2.40. The van der Waals surface area contributed by atoms with Gasteiger partial charge in [0, 0.05) is 26.2 Å². The molecule has 1 atom stereocenters. The van der Waals surface area contributed by atoms with Gasteiger partial charge in [-0.25, -0.2) is 4.79 Å². The van der Waals surface area contributed by atoms with Gasteiger partial charge in [0.2, 0.25) is 5.91 Å². The average molecular weight is 405 g/mol. The molecule has 2 saturated heterocycles. The quantitative estimate of drug-likeness (QED) is 0.772. The van der Waals surface area contributed by atoms with Crippen molar-refractivity contribution < 1.29 is 23.8 Å². The van der Waals surface area contributed by atoms with Crippen molar-refractivity contribution in [3.8, 4) is 5.75 Å². The molecular formula is C22H32N2O5. The number of ether oxygens (including phenoxy) is 3. The molecule has 2 amide bonds. The van der Waals surface area contributed by atoms with E-state index in [2.05, 4.69) is 0 Å². The van der Waals surface area contributed by atoms with Crippen molar-refractivity contribution in [1.82, 2.24) is 9.80 Å². The zero-order valence-electron chi connectivity index (χ0n) is 17.8. The minimum absolute atomic E-state index is 0.00624. The first kappa shape index (κ1) is 21.4. The summed E-state index contributed by atoms with van der Waals surface area (Å²) in [6, 6.07) is 7.78. The summed E-state index contributed by atoms with van der Waals surface area (Å²) >= 11 is 0. The standard InChI is InChI=1S/C22H32N2O5/c1-22(2,3)29-21(26)23-11-9-17(10-12-23)19-14-24(20(25)15-28-19)13-16-5-7-18(27-4)8-6-16/h5-8,17,19H,9-15H2,1-4H3. The molecule has 0 aromatic heterocycles. The van der Waals surface area contributed by atoms with Crippen molar-refractivity contribution in [2.75, 3.05) is 33.4 Å². The van der Waals surface area contributed by atoms with Gasteiger partial charge >= 0.3 is 6.09 Å². The van der Waals surface area contributed by atoms with Crippen LogP contribution in [0.2, 0.25) is 0 Å². The largest absolute Gasteiger partial charge is 0.497 e. The van der Waals surface area contributed by atoms with Gasteiger partial charge in [-0.1, -0.05) is 12.1 Å². The summed E-state index contributed by atoms with van der Waals surface area (Å²) in [7, 11) is 1.64. The summed E-state index contributed by atoms with van der Waals surface area (Å²) in [6.45, 7) is 8.22. The lowest BCUT2D eigenvalue weighted by Crippen LogP contribution is -2.51. The molecular weight excluding hydrogens is 372 g/mol. The molecule has 2 aliphatic heterocycles. The highest BCUT2D eigenvalue weighted by molar-refractivity contribution is 5.78. The predicted octanol–water partition coefficient (Wildman–Crippen LogP) is 3.07. The van der Waals surface area contributed by atoms with Gasteiger partial charge in [-0.3, -0.25) is 4.79 Å². The van der Waals surface area contributed by atoms with Gasteiger partial charge in [0.25, 0.3) is 0 Å². The van der Waals surface area contributed by atoms with Crippen molar-refractivity contribution in [2.24, 2.45) is 5.92 Å². The second kappa shape index (κ2) is 9.03. The van der Waals surface area contributed by atoms with Crippen molar-refractivity contribution in [2.45, 2.75) is 51.9 Å². The second-order valence-corrected chi connectivity index (χ2v) is 8.78. The molecule has 2 heterocycles. The van der Waals surface area contributed by atoms with E-state index in [1.165, 1.54) is 0 Å². The van der Waals surface area contributed by atoms with Crippen molar-refractivity contribution in [3.63, 3.8) is 0 Å². The van der Waals surface area contributed by atoms with E-state index in [1.807, 2.05) is 49.9 Å². The maximum Gasteiger partial charge on any atom is 0.410 e. The van der Waals surface area contributed by atoms with Crippen LogP contribution in [0.15, 0.2) is 24.3 Å². The molecule has 2 fully saturated rings. The molecule has 2 aliphatic rings. The number of carbonyl (C=O) groups is 2. The highest BCUT2D eigenvalue weighted by Crippen LogP contribution is 2.27. The van der Waals surface area contributed by atoms with Crippen LogP contribution in [0.4, 0.5) is 4.79 Å². The fourth-order valence-electron chi connectivity index (χ4n) is 3.81. The van der Waals surface area contributed by atoms with E-state index >= 15 is 0 Å². The molecule has 7 nitrogen and oxygen atoms in total. The van der Waals surface area contributed by atoms with E-state index in [0.29, 0.717) is 32.1 Å². The molecule has 1 aromatic rings. The van der Waals surface area contributed by atoms with E-state index in [9.17, 15) is 9.59 Å². The molecule has 0 spiro atoms. The molecule has 0 N–H and O–H groups in total. The number of rotatable bonds is 4. The summed E-state index contributed by atoms with van der Waals surface area (Å²) in [6.07, 6.45) is 1.46. The molecule has 7 heteroatoms. The van der Waals surface area contributed by atoms with Crippen molar-refractivity contribution >= 4 is 12.0 Å². The highest BCUT2D eigenvalue weighted by atomic mass is 16.6. The fraction of sp³-hybridized carbons (Fsp3) is 0.636. The Hall–Kier alpha value is -2.28. The van der Waals surface area contributed by atoms with Crippen LogP contribution in [-0.2, 0) is 20.8 Å². The summed E-state index contributed by atoms with van der Waals surface area (Å²) in [5, 5.41) is 0. The SMILES string of the molecule is COc1ccc(CN2CC(C3CCN(C(=O)OC(C)(C)C)CC3)OCC2=O)cc1. The third-order valence-corrected chi connectivity index (χ3v) is 5.42. The van der Waals surface area contributed by atoms with Crippen LogP contribution in [-0.4, -0.2) is 66.9 Å². The minimum Gasteiger partial charge on any atom is -0.497 e. The fourth-order valence-corrected chi connectivity index (χ4v) is 3.81. The van der Waals surface area contributed by atoms with Gasteiger partial charge in [0.15, 0.2) is 0 Å². The van der Waals surface area contributed by atoms with Gasteiger partial charge in [-0.05, 0) is 57.2 Å². The summed E-state index contributed by atoms with van der Waals surface area (Å²) in [5.74, 6) is 1.15. The lowest BCUT2D eigenvalue weighted by atomic mass is 9.90. The topological polar surface area (TPSA) is 68.3 Å². The van der Waals surface area contributed by atoms with Gasteiger partial charge in [-0.15, -0.1) is 0 Å². The molecule has 0 radical (unpaired) electrons. The molecule has 3 rings (SSSR count). The van der Waals surface area contributed by atoms with E-state index in [-0.39, 0.29) is 24.7 Å². The predicted molar refractivity (Wildman–Crippen MR) is 109 cm³/mol. The Morgan fingerprint density at radius 2 is 1.83 bits per heavy atom. The van der Waals surface area contributed by atoms with Crippen molar-refractivity contribution in [3.05, 3.63) is 29.8 Å². The smallest absolute Gasteiger partial charge is 0.410 e. The van der Waals surface area contributed by atoms with E-state index in [4.69, 9.17) is 14.2 Å². The highest BCUT2D eigenvalue weighted by Gasteiger charge is 2.35. The number of benzene rings is 1. The maximum atomic E-state index is 12.3. The molecule has 0 aliphatic carbocycles. The zero-order valence-corrected chi connectivity index (χ0v) is 17.8. The summed E-state index contributed by atoms with van der Waals surface area (Å²) in [4.78, 5) is 28.2. The number of piperidine rings is 1. The number of hydrogen-bond acceptors (Lipinski definition) is 5. The van der Waals surface area contributed by atoms with Crippen LogP contribution in [0.5, 0.6) is 5.75 Å². The van der Waals surface area contributed by atoms with E-state index in [0.717, 1.165) is 24.2 Å². The van der Waals surface area contributed by atoms with Crippen LogP contribution in [0.1, 0.15) is 39.2 Å². The summed E-state index contributed by atoms with van der Waals surface area (Å²) < 4.78 is 16.5. The number of hydrogen-bond donors (Lipinski definition) is 0. The van der Waals surface area contributed by atoms with Crippen LogP contribution >= 0.6 is 0 Å². The number of likely N-dealkylation sites (tertiary alicyclic amines) is 1. The first-order valence-electron chi connectivity index (χ1n) is 10.3. The number of amides is 2. The van der Waals surface area contributed by atoms with Crippen LogP contribution in [0, 0.1) is 5.92 Å². The Kier molecular flexibility index (Phi) is 6.67. The molecule has 1 unspecified atom stereocenters. The van der Waals surface area contributed by atoms with Crippen LogP contribution in [0.25, 0.3) is 0 Å². The second-order valence-electron chi connectivity index (χ2n) is 8.78. The Morgan fingerprint density at radius 3 is 2.41 bits per heavy atom. The molecule has 160 valence electrons. The molecule has 0 bridgehead atoms. The number of methoxy groups -OCH3 is 1. The Bertz CT molecular complexity index is 705. The molecule has 0 saturated carbocycles. The third-order valence-electron chi connectivity index (χ3n) is 5.42. The van der Waals surface area contributed by atoms with Crippen molar-refractivity contribution in [1.29, 1.82) is 0 Å². The lowest BCUT2D eigenvalue weighted by molar-refractivity contribution is -0.154. The number of morpholine rings is 1. The first-order chi connectivity index (χ1) is 13.7. The molecule has 1 aromatic carbocycles. The van der Waals surface area contributed by atoms with Gasteiger partial charge in [0.05, 0.1) is 13.2 Å². The monoisotopic (exact) mass is 404 g/mol. The van der Waals surface area contributed by atoms with E-state index in [1.54, 1.807) is 12.0 Å². The van der Waals surface area contributed by atoms with Gasteiger partial charge in [0.1, 0.15) is 18.0 Å². The van der Waals surface area contributed by atoms with Gasteiger partial charge < -0.3 is 24.0 Å². The Morgan fingerprint density at radius 1 is 1.17 bits per heavy atom. The third kappa shape index (κ3) is 5.85. The number of carbonyl (C=O) groups excluding carboxylic acids is 2. The zero-order chi connectivity index (χ0) is 21.0. The van der Waals surface area contributed by atoms with Crippen LogP contribution in [0.3, 0.4) is 0 Å². The summed E-state index contributed by atoms with van der Waals surface area (Å²) in [5.41, 5.74) is 0.586. The maximum absolute atomic E-state index is 12.3. The van der Waals surface area contributed by atoms with Gasteiger partial charge in [-0.2, -0.15) is 0 Å². The number of nitrogens with zero attached hydrogens (tertiary/aromatic N) is 2. The first-order valence-corrected chi connectivity index (χ1v) is 10.3. The molecule has 29 heavy (non-hydrogen) atoms. The van der Waals surface area contributed by atoms with E-state index < -0.39 is 5.60 Å². The Balaban J connectivity index is 1.52. The minimum atomic E-state index is -0.483. The van der Waals surface area contributed by atoms with Crippen LogP contribution < -0.4 is 4.74 Å². The normalized spacial score (nSPS) is 21.2.